The van der Waals surface area contributed by atoms with E-state index in [-0.39, 0.29) is 46.0 Å². The maximum Gasteiger partial charge on any atom is 0.344 e. The first-order valence-electron chi connectivity index (χ1n) is 19.8. The van der Waals surface area contributed by atoms with Crippen molar-refractivity contribution in [1.29, 1.82) is 0 Å². The Morgan fingerprint density at radius 2 is 1.78 bits per heavy atom. The Morgan fingerprint density at radius 3 is 2.57 bits per heavy atom. The van der Waals surface area contributed by atoms with E-state index in [2.05, 4.69) is 40.7 Å². The molecule has 7 rings (SSSR count). The normalized spacial score (nSPS) is 30.9. The molecule has 6 heteroatoms. The van der Waals surface area contributed by atoms with E-state index >= 15 is 0 Å². The van der Waals surface area contributed by atoms with Gasteiger partial charge in [-0.2, -0.15) is 0 Å². The number of carbonyl (C=O) groups is 1. The predicted molar refractivity (Wildman–Crippen MR) is 203 cm³/mol. The summed E-state index contributed by atoms with van der Waals surface area (Å²) >= 11 is 0. The van der Waals surface area contributed by atoms with Crippen LogP contribution in [0.15, 0.2) is 69.4 Å². The molecule has 51 heavy (non-hydrogen) atoms. The van der Waals surface area contributed by atoms with E-state index in [0.29, 0.717) is 11.2 Å². The summed E-state index contributed by atoms with van der Waals surface area (Å²) in [5, 5.41) is 10.7. The molecule has 0 aliphatic heterocycles. The van der Waals surface area contributed by atoms with E-state index in [4.69, 9.17) is 13.9 Å². The van der Waals surface area contributed by atoms with Crippen LogP contribution < -0.4 is 10.2 Å². The molecule has 1 aromatic heterocycles. The van der Waals surface area contributed by atoms with E-state index < -0.39 is 5.97 Å². The molecular formula is C45H58O6. The lowest BCUT2D eigenvalue weighted by atomic mass is 9.44. The van der Waals surface area contributed by atoms with Crippen molar-refractivity contribution in [3.8, 4) is 22.8 Å². The molecule has 0 spiro atoms. The van der Waals surface area contributed by atoms with Crippen molar-refractivity contribution in [2.24, 2.45) is 46.3 Å². The molecule has 0 bridgehead atoms. The number of esters is 1. The van der Waals surface area contributed by atoms with Crippen molar-refractivity contribution in [1.82, 2.24) is 0 Å². The Balaban J connectivity index is 0.956. The number of aromatic hydroxyl groups is 1. The summed E-state index contributed by atoms with van der Waals surface area (Å²) in [5.74, 6) is 4.80. The number of allylic oxidation sites excluding steroid dienone is 1. The van der Waals surface area contributed by atoms with E-state index in [0.717, 1.165) is 60.3 Å². The summed E-state index contributed by atoms with van der Waals surface area (Å²) in [5.41, 5.74) is 2.76. The number of rotatable bonds is 10. The van der Waals surface area contributed by atoms with Gasteiger partial charge in [0.2, 0.25) is 0 Å². The molecule has 1 N–H and O–H groups in total. The van der Waals surface area contributed by atoms with Crippen LogP contribution in [0, 0.1) is 46.3 Å². The smallest absolute Gasteiger partial charge is 0.344 e. The van der Waals surface area contributed by atoms with Gasteiger partial charge in [-0.1, -0.05) is 95.9 Å². The monoisotopic (exact) mass is 694 g/mol. The summed E-state index contributed by atoms with van der Waals surface area (Å²) in [4.78, 5) is 25.9. The Hall–Kier alpha value is -3.54. The van der Waals surface area contributed by atoms with Gasteiger partial charge >= 0.3 is 5.97 Å². The molecular weight excluding hydrogens is 636 g/mol. The molecule has 6 nitrogen and oxygen atoms in total. The zero-order chi connectivity index (χ0) is 35.9. The lowest BCUT2D eigenvalue weighted by molar-refractivity contribution is -0.154. The summed E-state index contributed by atoms with van der Waals surface area (Å²) in [6.07, 6.45) is 17.3. The summed E-state index contributed by atoms with van der Waals surface area (Å²) in [6, 6.07) is 13.6. The van der Waals surface area contributed by atoms with Gasteiger partial charge in [0.15, 0.2) is 12.0 Å². The number of phenolic OH excluding ortho intramolecular Hbond substituents is 1. The summed E-state index contributed by atoms with van der Waals surface area (Å²) < 4.78 is 17.8. The maximum absolute atomic E-state index is 13.0. The molecule has 3 fully saturated rings. The number of ether oxygens (including phenoxy) is 2. The molecule has 0 saturated heterocycles. The zero-order valence-corrected chi connectivity index (χ0v) is 31.4. The molecule has 3 aromatic rings. The highest BCUT2D eigenvalue weighted by atomic mass is 16.6. The quantitative estimate of drug-likeness (QED) is 0.168. The molecule has 8 atom stereocenters. The Bertz CT molecular complexity index is 1810. The van der Waals surface area contributed by atoms with Crippen LogP contribution in [0.2, 0.25) is 0 Å². The minimum absolute atomic E-state index is 0.0789. The predicted octanol–water partition coefficient (Wildman–Crippen LogP) is 10.9. The van der Waals surface area contributed by atoms with Crippen LogP contribution in [-0.4, -0.2) is 23.8 Å². The lowest BCUT2D eigenvalue weighted by Gasteiger charge is -2.61. The van der Waals surface area contributed by atoms with E-state index in [9.17, 15) is 14.7 Å². The third-order valence-corrected chi connectivity index (χ3v) is 13.9. The average molecular weight is 695 g/mol. The minimum Gasteiger partial charge on any atom is -0.507 e. The zero-order valence-electron chi connectivity index (χ0n) is 31.4. The molecule has 1 heterocycles. The van der Waals surface area contributed by atoms with Crippen LogP contribution in [0.25, 0.3) is 22.3 Å². The van der Waals surface area contributed by atoms with E-state index in [1.807, 2.05) is 30.3 Å². The molecule has 2 aromatic carbocycles. The van der Waals surface area contributed by atoms with Crippen LogP contribution in [0.4, 0.5) is 0 Å². The standard InChI is InChI=1S/C45H58O6/c1-28(2)10-9-11-29(3)31-14-17-36-35-16-15-32-22-33(18-21-45(32,5)37(35)19-20-44(36,4)26-31)50-42(48)27-49-34-23-38(46)43-39(47)25-40(51-41(43)24-34)30-12-7-6-8-13-30/h6-8,12-13,15,23-25,28-29,31,33,35-37,46H,9-11,14,16-22,26-27H2,1-5H3/t29-,31+,33+,35-,36+,37-,44+,45-/m0/s1. The van der Waals surface area contributed by atoms with Gasteiger partial charge in [0, 0.05) is 30.2 Å². The van der Waals surface area contributed by atoms with Crippen LogP contribution in [-0.2, 0) is 9.53 Å². The summed E-state index contributed by atoms with van der Waals surface area (Å²) in [7, 11) is 0. The molecule has 4 aliphatic carbocycles. The number of phenols is 1. The van der Waals surface area contributed by atoms with Crippen molar-refractivity contribution >= 4 is 16.9 Å². The molecule has 0 radical (unpaired) electrons. The van der Waals surface area contributed by atoms with Crippen molar-refractivity contribution in [2.45, 2.75) is 118 Å². The number of benzene rings is 2. The molecule has 3 saturated carbocycles. The number of fused-ring (bicyclic) bond motifs is 6. The summed E-state index contributed by atoms with van der Waals surface area (Å²) in [6.45, 7) is 12.1. The molecule has 0 unspecified atom stereocenters. The number of hydrogen-bond donors (Lipinski definition) is 1. The third kappa shape index (κ3) is 7.26. The van der Waals surface area contributed by atoms with Crippen molar-refractivity contribution in [3.63, 3.8) is 0 Å². The molecule has 274 valence electrons. The van der Waals surface area contributed by atoms with Gasteiger partial charge in [-0.15, -0.1) is 0 Å². The van der Waals surface area contributed by atoms with Gasteiger partial charge in [-0.3, -0.25) is 4.79 Å². The fraction of sp³-hybridized carbons (Fsp3) is 0.600. The van der Waals surface area contributed by atoms with Crippen LogP contribution in [0.3, 0.4) is 0 Å². The van der Waals surface area contributed by atoms with Crippen molar-refractivity contribution in [2.75, 3.05) is 6.61 Å². The topological polar surface area (TPSA) is 86.0 Å². The first kappa shape index (κ1) is 35.8. The fourth-order valence-electron chi connectivity index (χ4n) is 11.0. The first-order chi connectivity index (χ1) is 24.4. The van der Waals surface area contributed by atoms with Gasteiger partial charge in [0.1, 0.15) is 34.3 Å². The SMILES string of the molecule is CC(C)CCC[C@H](C)[C@@H]1CC[C@@H]2[C@@H]3CC=C4C[C@H](OC(=O)COc5cc(O)c6c(=O)cc(-c7ccccc7)oc6c5)CC[C@]4(C)[C@H]3CC[C@]2(C)C1. The maximum atomic E-state index is 13.0. The Labute approximate surface area is 304 Å². The second-order valence-corrected chi connectivity index (χ2v) is 17.6. The van der Waals surface area contributed by atoms with E-state index in [1.54, 1.807) is 6.07 Å². The number of carbonyl (C=O) groups excluding carboxylic acids is 1. The van der Waals surface area contributed by atoms with Crippen molar-refractivity contribution in [3.05, 3.63) is 70.4 Å². The Kier molecular flexibility index (Phi) is 10.2. The van der Waals surface area contributed by atoms with Gasteiger partial charge in [-0.25, -0.2) is 4.79 Å². The highest BCUT2D eigenvalue weighted by Gasteiger charge is 2.56. The largest absolute Gasteiger partial charge is 0.507 e. The molecule has 4 aliphatic rings. The van der Waals surface area contributed by atoms with Crippen LogP contribution in [0.1, 0.15) is 112 Å². The van der Waals surface area contributed by atoms with E-state index in [1.165, 1.54) is 75.5 Å². The van der Waals surface area contributed by atoms with Gasteiger partial charge in [0.05, 0.1) is 0 Å². The van der Waals surface area contributed by atoms with Crippen LogP contribution >= 0.6 is 0 Å². The second kappa shape index (κ2) is 14.5. The lowest BCUT2D eigenvalue weighted by Crippen LogP contribution is -2.52. The second-order valence-electron chi connectivity index (χ2n) is 17.6. The average Bonchev–Trinajstić information content (AvgIpc) is 3.10. The highest BCUT2D eigenvalue weighted by Crippen LogP contribution is 2.65. The fourth-order valence-corrected chi connectivity index (χ4v) is 11.0. The minimum atomic E-state index is -0.430. The first-order valence-corrected chi connectivity index (χ1v) is 19.8. The van der Waals surface area contributed by atoms with Crippen LogP contribution in [0.5, 0.6) is 11.5 Å². The number of hydrogen-bond acceptors (Lipinski definition) is 6. The van der Waals surface area contributed by atoms with Gasteiger partial charge in [-0.05, 0) is 97.7 Å². The Morgan fingerprint density at radius 1 is 0.980 bits per heavy atom. The molecule has 0 amide bonds. The third-order valence-electron chi connectivity index (χ3n) is 13.9. The van der Waals surface area contributed by atoms with Gasteiger partial charge in [0.25, 0.3) is 0 Å². The van der Waals surface area contributed by atoms with Crippen molar-refractivity contribution < 1.29 is 23.8 Å². The van der Waals surface area contributed by atoms with Gasteiger partial charge < -0.3 is 19.0 Å². The highest BCUT2D eigenvalue weighted by molar-refractivity contribution is 5.86.